The molecule has 8 heteroatoms. The first-order valence-corrected chi connectivity index (χ1v) is 8.65. The van der Waals surface area contributed by atoms with E-state index in [0.29, 0.717) is 11.4 Å². The van der Waals surface area contributed by atoms with Crippen LogP contribution in [0.15, 0.2) is 59.6 Å². The van der Waals surface area contributed by atoms with Gasteiger partial charge in [-0.15, -0.1) is 0 Å². The maximum atomic E-state index is 12.5. The van der Waals surface area contributed by atoms with Crippen LogP contribution in [-0.2, 0) is 10.1 Å². The lowest BCUT2D eigenvalue weighted by molar-refractivity contribution is 0.102. The number of carbonyl (C=O) groups excluding carboxylic acids is 1. The Bertz CT molecular complexity index is 1050. The minimum atomic E-state index is -4.42. The number of pyridine rings is 1. The summed E-state index contributed by atoms with van der Waals surface area (Å²) in [6.07, 6.45) is 1.44. The number of ether oxygens (including phenoxy) is 1. The molecule has 0 atom stereocenters. The average Bonchev–Trinajstić information content (AvgIpc) is 2.60. The van der Waals surface area contributed by atoms with Crippen LogP contribution >= 0.6 is 0 Å². The van der Waals surface area contributed by atoms with Gasteiger partial charge in [0.25, 0.3) is 16.0 Å². The molecule has 25 heavy (non-hydrogen) atoms. The quantitative estimate of drug-likeness (QED) is 0.695. The number of hydrogen-bond acceptors (Lipinski definition) is 5. The SMILES string of the molecule is COc1ccc(NC(=O)c2ccc(S(=O)(=O)O)c3cccnc23)cc1. The van der Waals surface area contributed by atoms with E-state index in [2.05, 4.69) is 10.3 Å². The van der Waals surface area contributed by atoms with E-state index >= 15 is 0 Å². The van der Waals surface area contributed by atoms with Crippen molar-refractivity contribution in [2.24, 2.45) is 0 Å². The van der Waals surface area contributed by atoms with Crippen molar-refractivity contribution in [3.05, 3.63) is 60.3 Å². The Morgan fingerprint density at radius 3 is 2.48 bits per heavy atom. The van der Waals surface area contributed by atoms with Crippen LogP contribution in [0.5, 0.6) is 5.75 Å². The molecule has 2 N–H and O–H groups in total. The number of rotatable bonds is 4. The highest BCUT2D eigenvalue weighted by atomic mass is 32.2. The van der Waals surface area contributed by atoms with E-state index in [1.54, 1.807) is 31.4 Å². The van der Waals surface area contributed by atoms with Crippen molar-refractivity contribution in [3.8, 4) is 5.75 Å². The summed E-state index contributed by atoms with van der Waals surface area (Å²) in [5.74, 6) is 0.207. The van der Waals surface area contributed by atoms with Crippen LogP contribution in [0.25, 0.3) is 10.9 Å². The van der Waals surface area contributed by atoms with E-state index in [1.807, 2.05) is 0 Å². The van der Waals surface area contributed by atoms with Gasteiger partial charge in [0.15, 0.2) is 0 Å². The lowest BCUT2D eigenvalue weighted by atomic mass is 10.1. The van der Waals surface area contributed by atoms with Crippen LogP contribution in [-0.4, -0.2) is 31.0 Å². The molecular formula is C17H14N2O5S. The fourth-order valence-corrected chi connectivity index (χ4v) is 3.11. The summed E-state index contributed by atoms with van der Waals surface area (Å²) >= 11 is 0. The average molecular weight is 358 g/mol. The summed E-state index contributed by atoms with van der Waals surface area (Å²) < 4.78 is 37.4. The van der Waals surface area contributed by atoms with E-state index in [1.165, 1.54) is 30.5 Å². The summed E-state index contributed by atoms with van der Waals surface area (Å²) in [5, 5.41) is 2.89. The molecule has 0 spiro atoms. The van der Waals surface area contributed by atoms with Crippen LogP contribution in [0.3, 0.4) is 0 Å². The van der Waals surface area contributed by atoms with Gasteiger partial charge in [-0.05, 0) is 48.5 Å². The predicted octanol–water partition coefficient (Wildman–Crippen LogP) is 2.74. The maximum absolute atomic E-state index is 12.5. The molecular weight excluding hydrogens is 344 g/mol. The van der Waals surface area contributed by atoms with Gasteiger partial charge in [0, 0.05) is 17.3 Å². The summed E-state index contributed by atoms with van der Waals surface area (Å²) in [5.41, 5.74) is 0.927. The number of anilines is 1. The third-order valence-corrected chi connectivity index (χ3v) is 4.51. The smallest absolute Gasteiger partial charge is 0.295 e. The molecule has 0 aliphatic heterocycles. The standard InChI is InChI=1S/C17H14N2O5S/c1-24-12-6-4-11(5-7-12)19-17(20)14-8-9-15(25(21,22)23)13-3-2-10-18-16(13)14/h2-10H,1H3,(H,19,20)(H,21,22,23). The maximum Gasteiger partial charge on any atom is 0.295 e. The van der Waals surface area contributed by atoms with Crippen LogP contribution in [0.2, 0.25) is 0 Å². The molecule has 1 aromatic heterocycles. The Labute approximate surface area is 144 Å². The first kappa shape index (κ1) is 16.9. The molecule has 1 heterocycles. The van der Waals surface area contributed by atoms with E-state index in [0.717, 1.165) is 0 Å². The largest absolute Gasteiger partial charge is 0.497 e. The van der Waals surface area contributed by atoms with Gasteiger partial charge in [-0.2, -0.15) is 8.42 Å². The van der Waals surface area contributed by atoms with Crippen molar-refractivity contribution < 1.29 is 22.5 Å². The fraction of sp³-hybridized carbons (Fsp3) is 0.0588. The minimum absolute atomic E-state index is 0.174. The molecule has 0 fully saturated rings. The number of aromatic nitrogens is 1. The zero-order chi connectivity index (χ0) is 18.0. The zero-order valence-corrected chi connectivity index (χ0v) is 13.9. The highest BCUT2D eigenvalue weighted by Crippen LogP contribution is 2.25. The first-order valence-electron chi connectivity index (χ1n) is 7.21. The number of hydrogen-bond donors (Lipinski definition) is 2. The fourth-order valence-electron chi connectivity index (χ4n) is 2.43. The molecule has 0 aliphatic carbocycles. The van der Waals surface area contributed by atoms with Gasteiger partial charge in [0.05, 0.1) is 18.2 Å². The van der Waals surface area contributed by atoms with Gasteiger partial charge < -0.3 is 10.1 Å². The number of carbonyl (C=O) groups is 1. The van der Waals surface area contributed by atoms with Crippen LogP contribution < -0.4 is 10.1 Å². The van der Waals surface area contributed by atoms with Crippen molar-refractivity contribution in [3.63, 3.8) is 0 Å². The Morgan fingerprint density at radius 1 is 1.12 bits per heavy atom. The minimum Gasteiger partial charge on any atom is -0.497 e. The number of nitrogens with one attached hydrogen (secondary N) is 1. The van der Waals surface area contributed by atoms with Gasteiger partial charge in [0.2, 0.25) is 0 Å². The molecule has 0 saturated heterocycles. The molecule has 0 bridgehead atoms. The number of benzene rings is 2. The van der Waals surface area contributed by atoms with Crippen molar-refractivity contribution in [1.82, 2.24) is 4.98 Å². The van der Waals surface area contributed by atoms with Crippen molar-refractivity contribution in [2.75, 3.05) is 12.4 Å². The Hall–Kier alpha value is -2.97. The van der Waals surface area contributed by atoms with Crippen molar-refractivity contribution >= 4 is 32.6 Å². The van der Waals surface area contributed by atoms with Crippen molar-refractivity contribution in [2.45, 2.75) is 4.90 Å². The first-order chi connectivity index (χ1) is 11.9. The Kier molecular flexibility index (Phi) is 4.39. The van der Waals surface area contributed by atoms with Crippen LogP contribution in [0.1, 0.15) is 10.4 Å². The van der Waals surface area contributed by atoms with Gasteiger partial charge in [-0.3, -0.25) is 14.3 Å². The molecule has 128 valence electrons. The third-order valence-electron chi connectivity index (χ3n) is 3.60. The van der Waals surface area contributed by atoms with Crippen molar-refractivity contribution in [1.29, 1.82) is 0 Å². The Morgan fingerprint density at radius 2 is 1.84 bits per heavy atom. The molecule has 3 rings (SSSR count). The zero-order valence-electron chi connectivity index (χ0n) is 13.1. The summed E-state index contributed by atoms with van der Waals surface area (Å²) in [7, 11) is -2.88. The van der Waals surface area contributed by atoms with Gasteiger partial charge in [0.1, 0.15) is 10.6 Å². The highest BCUT2D eigenvalue weighted by molar-refractivity contribution is 7.86. The number of nitrogens with zero attached hydrogens (tertiary/aromatic N) is 1. The monoisotopic (exact) mass is 358 g/mol. The summed E-state index contributed by atoms with van der Waals surface area (Å²) in [6.45, 7) is 0. The highest BCUT2D eigenvalue weighted by Gasteiger charge is 2.19. The second-order valence-electron chi connectivity index (χ2n) is 5.17. The summed E-state index contributed by atoms with van der Waals surface area (Å²) in [4.78, 5) is 16.3. The van der Waals surface area contributed by atoms with Gasteiger partial charge in [-0.25, -0.2) is 0 Å². The van der Waals surface area contributed by atoms with E-state index < -0.39 is 16.0 Å². The molecule has 3 aromatic rings. The molecule has 0 unspecified atom stereocenters. The lowest BCUT2D eigenvalue weighted by Gasteiger charge is -2.10. The lowest BCUT2D eigenvalue weighted by Crippen LogP contribution is -2.13. The third kappa shape index (κ3) is 3.44. The predicted molar refractivity (Wildman–Crippen MR) is 92.5 cm³/mol. The second kappa shape index (κ2) is 6.50. The second-order valence-corrected chi connectivity index (χ2v) is 6.56. The molecule has 7 nitrogen and oxygen atoms in total. The van der Waals surface area contributed by atoms with E-state index in [-0.39, 0.29) is 21.4 Å². The topological polar surface area (TPSA) is 106 Å². The normalized spacial score (nSPS) is 11.3. The Balaban J connectivity index is 2.02. The van der Waals surface area contributed by atoms with E-state index in [9.17, 15) is 17.8 Å². The van der Waals surface area contributed by atoms with E-state index in [4.69, 9.17) is 4.74 Å². The number of amides is 1. The van der Waals surface area contributed by atoms with Crippen LogP contribution in [0, 0.1) is 0 Å². The number of methoxy groups -OCH3 is 1. The molecule has 0 aliphatic rings. The molecule has 2 aromatic carbocycles. The van der Waals surface area contributed by atoms with Gasteiger partial charge in [-0.1, -0.05) is 0 Å². The molecule has 0 radical (unpaired) electrons. The molecule has 0 saturated carbocycles. The number of fused-ring (bicyclic) bond motifs is 1. The molecule has 1 amide bonds. The van der Waals surface area contributed by atoms with Crippen LogP contribution in [0.4, 0.5) is 5.69 Å². The summed E-state index contributed by atoms with van der Waals surface area (Å²) in [6, 6.07) is 12.3. The van der Waals surface area contributed by atoms with Gasteiger partial charge >= 0.3 is 0 Å².